The monoisotopic (exact) mass is 215 g/mol. The van der Waals surface area contributed by atoms with Crippen LogP contribution in [0.1, 0.15) is 32.2 Å². The van der Waals surface area contributed by atoms with E-state index < -0.39 is 0 Å². The number of hydrogen-bond donors (Lipinski definition) is 1. The highest BCUT2D eigenvalue weighted by molar-refractivity contribution is 5.79. The van der Waals surface area contributed by atoms with Crippen LogP contribution in [0.4, 0.5) is 5.69 Å². The highest BCUT2D eigenvalue weighted by Crippen LogP contribution is 2.37. The van der Waals surface area contributed by atoms with Gasteiger partial charge in [0.05, 0.1) is 17.4 Å². The molecule has 1 aromatic heterocycles. The van der Waals surface area contributed by atoms with Gasteiger partial charge in [0, 0.05) is 11.7 Å². The van der Waals surface area contributed by atoms with Crippen molar-refractivity contribution in [3.05, 3.63) is 24.5 Å². The predicted octanol–water partition coefficient (Wildman–Crippen LogP) is 2.98. The van der Waals surface area contributed by atoms with Crippen molar-refractivity contribution in [1.29, 1.82) is 0 Å². The van der Waals surface area contributed by atoms with E-state index in [2.05, 4.69) is 22.5 Å². The molecule has 0 amide bonds. The first-order chi connectivity index (χ1) is 7.75. The molecule has 0 radical (unpaired) electrons. The van der Waals surface area contributed by atoms with Gasteiger partial charge in [-0.3, -0.25) is 0 Å². The van der Waals surface area contributed by atoms with Crippen molar-refractivity contribution in [3.63, 3.8) is 0 Å². The highest BCUT2D eigenvalue weighted by atomic mass is 15.1. The van der Waals surface area contributed by atoms with Crippen molar-refractivity contribution in [2.75, 3.05) is 5.73 Å². The summed E-state index contributed by atoms with van der Waals surface area (Å²) in [6.45, 7) is 2.33. The third-order valence-corrected chi connectivity index (χ3v) is 3.77. The fourth-order valence-electron chi connectivity index (χ4n) is 2.85. The summed E-state index contributed by atoms with van der Waals surface area (Å²) in [5.41, 5.74) is 8.78. The maximum atomic E-state index is 5.76. The molecule has 0 spiro atoms. The number of imidazole rings is 1. The van der Waals surface area contributed by atoms with E-state index in [0.717, 1.165) is 17.1 Å². The van der Waals surface area contributed by atoms with E-state index in [9.17, 15) is 0 Å². The molecule has 0 saturated heterocycles. The van der Waals surface area contributed by atoms with Crippen LogP contribution in [0.15, 0.2) is 24.5 Å². The van der Waals surface area contributed by atoms with Crippen LogP contribution in [0.5, 0.6) is 0 Å². The molecule has 1 aliphatic rings. The van der Waals surface area contributed by atoms with Crippen molar-refractivity contribution in [2.45, 2.75) is 32.2 Å². The first-order valence-corrected chi connectivity index (χ1v) is 5.98. The molecule has 1 aromatic carbocycles. The number of hydrogen-bond acceptors (Lipinski definition) is 2. The number of nitrogens with zero attached hydrogens (tertiary/aromatic N) is 2. The Hall–Kier alpha value is -1.51. The number of fused-ring (bicyclic) bond motifs is 1. The minimum atomic E-state index is 0.619. The van der Waals surface area contributed by atoms with E-state index in [1.807, 2.05) is 18.5 Å². The first kappa shape index (κ1) is 9.70. The number of aromatic nitrogens is 2. The van der Waals surface area contributed by atoms with Crippen molar-refractivity contribution in [3.8, 4) is 0 Å². The molecule has 3 nitrogen and oxygen atoms in total. The van der Waals surface area contributed by atoms with Crippen LogP contribution >= 0.6 is 0 Å². The van der Waals surface area contributed by atoms with Crippen molar-refractivity contribution >= 4 is 16.7 Å². The molecule has 1 fully saturated rings. The molecule has 1 heterocycles. The lowest BCUT2D eigenvalue weighted by Gasteiger charge is -2.17. The van der Waals surface area contributed by atoms with Crippen LogP contribution < -0.4 is 5.73 Å². The van der Waals surface area contributed by atoms with Crippen LogP contribution in [0.25, 0.3) is 11.0 Å². The fraction of sp³-hybridized carbons (Fsp3) is 0.462. The van der Waals surface area contributed by atoms with E-state index in [1.165, 1.54) is 24.8 Å². The van der Waals surface area contributed by atoms with Gasteiger partial charge in [-0.1, -0.05) is 13.3 Å². The van der Waals surface area contributed by atoms with Gasteiger partial charge in [0.2, 0.25) is 0 Å². The molecule has 2 N–H and O–H groups in total. The van der Waals surface area contributed by atoms with E-state index in [4.69, 9.17) is 5.73 Å². The second kappa shape index (κ2) is 3.51. The lowest BCUT2D eigenvalue weighted by atomic mass is 10.1. The molecule has 2 unspecified atom stereocenters. The molecule has 84 valence electrons. The van der Waals surface area contributed by atoms with Gasteiger partial charge >= 0.3 is 0 Å². The minimum absolute atomic E-state index is 0.619. The third-order valence-electron chi connectivity index (χ3n) is 3.77. The van der Waals surface area contributed by atoms with Gasteiger partial charge in [-0.25, -0.2) is 4.98 Å². The second-order valence-corrected chi connectivity index (χ2v) is 4.88. The maximum absolute atomic E-state index is 5.76. The summed E-state index contributed by atoms with van der Waals surface area (Å²) in [5.74, 6) is 0.759. The molecular formula is C13H17N3. The van der Waals surface area contributed by atoms with Crippen LogP contribution in [0, 0.1) is 5.92 Å². The number of rotatable bonds is 1. The Kier molecular flexibility index (Phi) is 2.13. The highest BCUT2D eigenvalue weighted by Gasteiger charge is 2.25. The van der Waals surface area contributed by atoms with Gasteiger partial charge in [-0.05, 0) is 37.0 Å². The number of anilines is 1. The van der Waals surface area contributed by atoms with E-state index in [1.54, 1.807) is 0 Å². The van der Waals surface area contributed by atoms with Crippen LogP contribution in [0.2, 0.25) is 0 Å². The standard InChI is InChI=1S/C13H17N3/c1-9-3-2-4-12(9)16-8-15-11-7-10(14)5-6-13(11)16/h5-9,12H,2-4,14H2,1H3. The number of nitrogen functional groups attached to an aromatic ring is 1. The van der Waals surface area contributed by atoms with Gasteiger partial charge in [0.15, 0.2) is 0 Å². The largest absolute Gasteiger partial charge is 0.399 e. The van der Waals surface area contributed by atoms with Crippen LogP contribution in [0.3, 0.4) is 0 Å². The Morgan fingerprint density at radius 3 is 3.00 bits per heavy atom. The molecule has 0 bridgehead atoms. The summed E-state index contributed by atoms with van der Waals surface area (Å²) < 4.78 is 2.33. The zero-order valence-electron chi connectivity index (χ0n) is 9.56. The molecular weight excluding hydrogens is 198 g/mol. The lowest BCUT2D eigenvalue weighted by Crippen LogP contribution is -2.10. The molecule has 16 heavy (non-hydrogen) atoms. The predicted molar refractivity (Wildman–Crippen MR) is 66.2 cm³/mol. The second-order valence-electron chi connectivity index (χ2n) is 4.88. The lowest BCUT2D eigenvalue weighted by molar-refractivity contribution is 0.416. The molecule has 1 saturated carbocycles. The summed E-state index contributed by atoms with van der Waals surface area (Å²) in [6.07, 6.45) is 5.91. The topological polar surface area (TPSA) is 43.8 Å². The Balaban J connectivity index is 2.10. The summed E-state index contributed by atoms with van der Waals surface area (Å²) in [6, 6.07) is 6.61. The molecule has 2 atom stereocenters. The quantitative estimate of drug-likeness (QED) is 0.743. The van der Waals surface area contributed by atoms with Crippen LogP contribution in [-0.4, -0.2) is 9.55 Å². The SMILES string of the molecule is CC1CCCC1n1cnc2cc(N)ccc21. The Bertz CT molecular complexity index is 515. The fourth-order valence-corrected chi connectivity index (χ4v) is 2.85. The van der Waals surface area contributed by atoms with Gasteiger partial charge in [0.25, 0.3) is 0 Å². The zero-order chi connectivity index (χ0) is 11.1. The molecule has 3 rings (SSSR count). The average molecular weight is 215 g/mol. The summed E-state index contributed by atoms with van der Waals surface area (Å²) in [7, 11) is 0. The van der Waals surface area contributed by atoms with Crippen molar-refractivity contribution in [2.24, 2.45) is 5.92 Å². The number of nitrogens with two attached hydrogens (primary N) is 1. The van der Waals surface area contributed by atoms with E-state index in [-0.39, 0.29) is 0 Å². The van der Waals surface area contributed by atoms with E-state index >= 15 is 0 Å². The van der Waals surface area contributed by atoms with Gasteiger partial charge in [-0.2, -0.15) is 0 Å². The smallest absolute Gasteiger partial charge is 0.0961 e. The third kappa shape index (κ3) is 1.39. The van der Waals surface area contributed by atoms with Crippen molar-refractivity contribution in [1.82, 2.24) is 9.55 Å². The van der Waals surface area contributed by atoms with Gasteiger partial charge in [-0.15, -0.1) is 0 Å². The molecule has 0 aliphatic heterocycles. The maximum Gasteiger partial charge on any atom is 0.0961 e. The Morgan fingerprint density at radius 2 is 2.25 bits per heavy atom. The molecule has 3 heteroatoms. The first-order valence-electron chi connectivity index (χ1n) is 5.98. The molecule has 1 aliphatic carbocycles. The van der Waals surface area contributed by atoms with Gasteiger partial charge < -0.3 is 10.3 Å². The van der Waals surface area contributed by atoms with Gasteiger partial charge in [0.1, 0.15) is 0 Å². The Morgan fingerprint density at radius 1 is 1.38 bits per heavy atom. The van der Waals surface area contributed by atoms with Crippen molar-refractivity contribution < 1.29 is 0 Å². The summed E-state index contributed by atoms with van der Waals surface area (Å²) >= 11 is 0. The normalized spacial score (nSPS) is 25.3. The minimum Gasteiger partial charge on any atom is -0.399 e. The summed E-state index contributed by atoms with van der Waals surface area (Å²) in [5, 5.41) is 0. The average Bonchev–Trinajstić information content (AvgIpc) is 2.83. The zero-order valence-corrected chi connectivity index (χ0v) is 9.56. The van der Waals surface area contributed by atoms with Crippen LogP contribution in [-0.2, 0) is 0 Å². The summed E-state index contributed by atoms with van der Waals surface area (Å²) in [4.78, 5) is 4.44. The van der Waals surface area contributed by atoms with E-state index in [0.29, 0.717) is 6.04 Å². The molecule has 2 aromatic rings. The number of benzene rings is 1. The Labute approximate surface area is 95.3 Å².